The molecule has 0 aliphatic heterocycles. The quantitative estimate of drug-likeness (QED) is 0.663. The first kappa shape index (κ1) is 13.8. The zero-order valence-corrected chi connectivity index (χ0v) is 12.4. The minimum atomic E-state index is -0.311. The fourth-order valence-corrected chi connectivity index (χ4v) is 2.61. The van der Waals surface area contributed by atoms with Crippen LogP contribution in [0.1, 0.15) is 5.69 Å². The van der Waals surface area contributed by atoms with Gasteiger partial charge in [0.25, 0.3) is 0 Å². The van der Waals surface area contributed by atoms with E-state index < -0.39 is 0 Å². The van der Waals surface area contributed by atoms with Crippen LogP contribution in [-0.4, -0.2) is 12.1 Å². The van der Waals surface area contributed by atoms with Crippen molar-refractivity contribution in [1.29, 1.82) is 0 Å². The van der Waals surface area contributed by atoms with E-state index in [0.29, 0.717) is 16.3 Å². The van der Waals surface area contributed by atoms with E-state index in [4.69, 9.17) is 16.3 Å². The van der Waals surface area contributed by atoms with Crippen molar-refractivity contribution in [1.82, 2.24) is 4.98 Å². The van der Waals surface area contributed by atoms with Gasteiger partial charge in [-0.1, -0.05) is 23.7 Å². The number of ether oxygens (including phenoxy) is 1. The number of pyridine rings is 1. The molecule has 0 spiro atoms. The number of hydrogen-bond donors (Lipinski definition) is 0. The van der Waals surface area contributed by atoms with Crippen molar-refractivity contribution >= 4 is 22.5 Å². The summed E-state index contributed by atoms with van der Waals surface area (Å²) in [5.74, 6) is 0.356. The average Bonchev–Trinajstić information content (AvgIpc) is 2.48. The van der Waals surface area contributed by atoms with E-state index in [1.165, 1.54) is 12.1 Å². The first-order chi connectivity index (χ1) is 10.1. The number of aryl methyl sites for hydroxylation is 1. The molecular weight excluding hydrogens is 289 g/mol. The normalized spacial score (nSPS) is 10.9. The fraction of sp³-hybridized carbons (Fsp3) is 0.118. The number of aromatic nitrogens is 1. The standard InChI is InChI=1S/C17H13ClFNO/c1-10-8-13(14-9-11(18)6-7-15(14)19)12-4-3-5-16(21-2)17(12)20-10/h3-9H,1-2H3. The highest BCUT2D eigenvalue weighted by atomic mass is 35.5. The number of nitrogens with zero attached hydrogens (tertiary/aromatic N) is 1. The number of methoxy groups -OCH3 is 1. The van der Waals surface area contributed by atoms with E-state index in [-0.39, 0.29) is 5.82 Å². The molecule has 0 amide bonds. The van der Waals surface area contributed by atoms with Crippen molar-refractivity contribution in [3.05, 3.63) is 59.0 Å². The maximum atomic E-state index is 14.2. The lowest BCUT2D eigenvalue weighted by Crippen LogP contribution is -1.94. The molecule has 3 aromatic rings. The van der Waals surface area contributed by atoms with E-state index in [9.17, 15) is 4.39 Å². The SMILES string of the molecule is COc1cccc2c(-c3cc(Cl)ccc3F)cc(C)nc12. The Balaban J connectivity index is 2.40. The molecule has 2 nitrogen and oxygen atoms in total. The highest BCUT2D eigenvalue weighted by Gasteiger charge is 2.13. The maximum Gasteiger partial charge on any atom is 0.145 e. The van der Waals surface area contributed by atoms with Crippen molar-refractivity contribution in [2.75, 3.05) is 7.11 Å². The summed E-state index contributed by atoms with van der Waals surface area (Å²) in [4.78, 5) is 4.50. The van der Waals surface area contributed by atoms with E-state index in [1.54, 1.807) is 13.2 Å². The Bertz CT molecular complexity index is 832. The molecule has 0 radical (unpaired) electrons. The van der Waals surface area contributed by atoms with Crippen LogP contribution in [0.3, 0.4) is 0 Å². The lowest BCUT2D eigenvalue weighted by atomic mass is 9.99. The van der Waals surface area contributed by atoms with E-state index in [2.05, 4.69) is 4.98 Å². The summed E-state index contributed by atoms with van der Waals surface area (Å²) in [7, 11) is 1.60. The van der Waals surface area contributed by atoms with Crippen LogP contribution in [0.4, 0.5) is 4.39 Å². The molecule has 106 valence electrons. The summed E-state index contributed by atoms with van der Waals surface area (Å²) in [6, 6.07) is 12.0. The van der Waals surface area contributed by atoms with Crippen LogP contribution in [0.5, 0.6) is 5.75 Å². The Kier molecular flexibility index (Phi) is 3.52. The van der Waals surface area contributed by atoms with Gasteiger partial charge in [0.05, 0.1) is 7.11 Å². The molecule has 21 heavy (non-hydrogen) atoms. The highest BCUT2D eigenvalue weighted by Crippen LogP contribution is 2.35. The van der Waals surface area contributed by atoms with Crippen molar-refractivity contribution in [2.24, 2.45) is 0 Å². The topological polar surface area (TPSA) is 22.1 Å². The predicted molar refractivity (Wildman–Crippen MR) is 83.4 cm³/mol. The van der Waals surface area contributed by atoms with Gasteiger partial charge in [-0.25, -0.2) is 9.37 Å². The van der Waals surface area contributed by atoms with Crippen LogP contribution in [0.2, 0.25) is 5.02 Å². The minimum Gasteiger partial charge on any atom is -0.494 e. The van der Waals surface area contributed by atoms with Crippen molar-refractivity contribution < 1.29 is 9.13 Å². The van der Waals surface area contributed by atoms with Gasteiger partial charge in [-0.2, -0.15) is 0 Å². The first-order valence-corrected chi connectivity index (χ1v) is 6.87. The molecular formula is C17H13ClFNO. The van der Waals surface area contributed by atoms with Gasteiger partial charge in [-0.3, -0.25) is 0 Å². The molecule has 0 saturated carbocycles. The summed E-state index contributed by atoms with van der Waals surface area (Å²) in [5.41, 5.74) is 2.73. The maximum absolute atomic E-state index is 14.2. The molecule has 3 rings (SSSR count). The summed E-state index contributed by atoms with van der Waals surface area (Å²) < 4.78 is 19.5. The average molecular weight is 302 g/mol. The second-order valence-corrected chi connectivity index (χ2v) is 5.23. The number of benzene rings is 2. The summed E-state index contributed by atoms with van der Waals surface area (Å²) in [6.45, 7) is 1.87. The Morgan fingerprint density at radius 1 is 1.10 bits per heavy atom. The third-order valence-corrected chi connectivity index (χ3v) is 3.60. The summed E-state index contributed by atoms with van der Waals surface area (Å²) in [6.07, 6.45) is 0. The van der Waals surface area contributed by atoms with Gasteiger partial charge in [-0.05, 0) is 42.8 Å². The Morgan fingerprint density at radius 2 is 1.90 bits per heavy atom. The molecule has 1 aromatic heterocycles. The van der Waals surface area contributed by atoms with Crippen LogP contribution >= 0.6 is 11.6 Å². The molecule has 0 aliphatic carbocycles. The molecule has 4 heteroatoms. The van der Waals surface area contributed by atoms with Gasteiger partial charge < -0.3 is 4.74 Å². The Morgan fingerprint density at radius 3 is 2.67 bits per heavy atom. The predicted octanol–water partition coefficient (Wildman–Crippen LogP) is 5.01. The van der Waals surface area contributed by atoms with Crippen LogP contribution in [0.25, 0.3) is 22.0 Å². The van der Waals surface area contributed by atoms with Gasteiger partial charge >= 0.3 is 0 Å². The first-order valence-electron chi connectivity index (χ1n) is 6.50. The Hall–Kier alpha value is -2.13. The van der Waals surface area contributed by atoms with Gasteiger partial charge in [0.15, 0.2) is 0 Å². The molecule has 1 heterocycles. The number of hydrogen-bond acceptors (Lipinski definition) is 2. The molecule has 0 unspecified atom stereocenters. The Labute approximate surface area is 127 Å². The number of para-hydroxylation sites is 1. The van der Waals surface area contributed by atoms with Crippen molar-refractivity contribution in [3.8, 4) is 16.9 Å². The molecule has 0 saturated heterocycles. The number of rotatable bonds is 2. The fourth-order valence-electron chi connectivity index (χ4n) is 2.44. The molecule has 0 aliphatic rings. The van der Waals surface area contributed by atoms with Gasteiger partial charge in [0.1, 0.15) is 17.1 Å². The zero-order valence-electron chi connectivity index (χ0n) is 11.7. The lowest BCUT2D eigenvalue weighted by Gasteiger charge is -2.12. The van der Waals surface area contributed by atoms with Crippen LogP contribution in [-0.2, 0) is 0 Å². The summed E-state index contributed by atoms with van der Waals surface area (Å²) >= 11 is 6.01. The molecule has 2 aromatic carbocycles. The largest absolute Gasteiger partial charge is 0.494 e. The smallest absolute Gasteiger partial charge is 0.145 e. The minimum absolute atomic E-state index is 0.311. The third kappa shape index (κ3) is 2.45. The van der Waals surface area contributed by atoms with Crippen molar-refractivity contribution in [3.63, 3.8) is 0 Å². The second-order valence-electron chi connectivity index (χ2n) is 4.79. The van der Waals surface area contributed by atoms with Crippen LogP contribution in [0.15, 0.2) is 42.5 Å². The van der Waals surface area contributed by atoms with Crippen LogP contribution in [0, 0.1) is 12.7 Å². The molecule has 0 atom stereocenters. The zero-order chi connectivity index (χ0) is 15.0. The molecule has 0 bridgehead atoms. The van der Waals surface area contributed by atoms with Gasteiger partial charge in [-0.15, -0.1) is 0 Å². The van der Waals surface area contributed by atoms with Gasteiger partial charge in [0, 0.05) is 21.7 Å². The molecule has 0 N–H and O–H groups in total. The van der Waals surface area contributed by atoms with Gasteiger partial charge in [0.2, 0.25) is 0 Å². The number of fused-ring (bicyclic) bond motifs is 1. The summed E-state index contributed by atoms with van der Waals surface area (Å²) in [5, 5.41) is 1.33. The monoisotopic (exact) mass is 301 g/mol. The second kappa shape index (κ2) is 5.34. The van der Waals surface area contributed by atoms with E-state index in [1.807, 2.05) is 31.2 Å². The van der Waals surface area contributed by atoms with E-state index >= 15 is 0 Å². The van der Waals surface area contributed by atoms with E-state index in [0.717, 1.165) is 22.2 Å². The number of halogens is 2. The molecule has 0 fully saturated rings. The third-order valence-electron chi connectivity index (χ3n) is 3.37. The lowest BCUT2D eigenvalue weighted by molar-refractivity contribution is 0.419. The highest BCUT2D eigenvalue weighted by molar-refractivity contribution is 6.30. The van der Waals surface area contributed by atoms with Crippen molar-refractivity contribution in [2.45, 2.75) is 6.92 Å². The van der Waals surface area contributed by atoms with Crippen LogP contribution < -0.4 is 4.74 Å².